The average molecular weight is 277 g/mol. The van der Waals surface area contributed by atoms with Crippen molar-refractivity contribution >= 4 is 0 Å². The number of benzene rings is 1. The molecule has 1 saturated heterocycles. The molecule has 2 fully saturated rings. The zero-order valence-electron chi connectivity index (χ0n) is 12.0. The molecule has 1 aliphatic heterocycles. The molecular weight excluding hydrogens is 253 g/mol. The highest BCUT2D eigenvalue weighted by atomic mass is 19.1. The molecule has 1 aromatic carbocycles. The molecule has 1 atom stereocenters. The molecule has 3 rings (SSSR count). The van der Waals surface area contributed by atoms with E-state index in [0.29, 0.717) is 6.42 Å². The molecule has 0 bridgehead atoms. The molecular formula is C17H24FNO. The van der Waals surface area contributed by atoms with Gasteiger partial charge in [0.05, 0.1) is 6.10 Å². The van der Waals surface area contributed by atoms with E-state index in [-0.39, 0.29) is 17.5 Å². The third-order valence-corrected chi connectivity index (χ3v) is 5.17. The lowest BCUT2D eigenvalue weighted by atomic mass is 9.85. The van der Waals surface area contributed by atoms with Crippen molar-refractivity contribution in [1.82, 2.24) is 4.90 Å². The van der Waals surface area contributed by atoms with Gasteiger partial charge in [0.25, 0.3) is 0 Å². The van der Waals surface area contributed by atoms with E-state index < -0.39 is 0 Å². The number of rotatable bonds is 4. The van der Waals surface area contributed by atoms with Gasteiger partial charge in [-0.05, 0) is 56.5 Å². The molecule has 2 nitrogen and oxygen atoms in total. The maximum absolute atomic E-state index is 13.0. The van der Waals surface area contributed by atoms with E-state index in [1.54, 1.807) is 12.1 Å². The molecule has 0 aromatic heterocycles. The van der Waals surface area contributed by atoms with E-state index in [9.17, 15) is 9.50 Å². The average Bonchev–Trinajstić information content (AvgIpc) is 3.12. The molecule has 2 aliphatic rings. The van der Waals surface area contributed by atoms with Crippen molar-refractivity contribution in [3.63, 3.8) is 0 Å². The molecule has 0 amide bonds. The topological polar surface area (TPSA) is 23.5 Å². The quantitative estimate of drug-likeness (QED) is 0.914. The summed E-state index contributed by atoms with van der Waals surface area (Å²) in [6.07, 6.45) is 7.46. The number of hydrogen-bond donors (Lipinski definition) is 1. The van der Waals surface area contributed by atoms with Crippen molar-refractivity contribution < 1.29 is 9.50 Å². The van der Waals surface area contributed by atoms with Crippen molar-refractivity contribution in [2.75, 3.05) is 13.1 Å². The van der Waals surface area contributed by atoms with E-state index in [4.69, 9.17) is 0 Å². The number of nitrogens with zero attached hydrogens (tertiary/aromatic N) is 1. The van der Waals surface area contributed by atoms with Gasteiger partial charge < -0.3 is 5.11 Å². The fourth-order valence-electron chi connectivity index (χ4n) is 4.04. The van der Waals surface area contributed by atoms with Gasteiger partial charge in [-0.1, -0.05) is 25.0 Å². The Balaban J connectivity index is 1.75. The van der Waals surface area contributed by atoms with Gasteiger partial charge in [0.2, 0.25) is 0 Å². The third-order valence-electron chi connectivity index (χ3n) is 5.17. The Hall–Kier alpha value is -0.930. The second kappa shape index (κ2) is 5.82. The second-order valence-corrected chi connectivity index (χ2v) is 6.35. The fourth-order valence-corrected chi connectivity index (χ4v) is 4.04. The highest BCUT2D eigenvalue weighted by Gasteiger charge is 2.45. The van der Waals surface area contributed by atoms with Crippen molar-refractivity contribution in [3.8, 4) is 0 Å². The molecule has 110 valence electrons. The van der Waals surface area contributed by atoms with Gasteiger partial charge in [0.15, 0.2) is 0 Å². The molecule has 0 spiro atoms. The zero-order valence-corrected chi connectivity index (χ0v) is 12.0. The lowest BCUT2D eigenvalue weighted by molar-refractivity contribution is -0.0172. The van der Waals surface area contributed by atoms with Crippen LogP contribution in [0.2, 0.25) is 0 Å². The standard InChI is InChI=1S/C17H24FNO/c18-15-7-5-14(6-8-15)13-16(20)17(9-1-2-10-17)19-11-3-4-12-19/h5-8,16,20H,1-4,9-13H2. The minimum atomic E-state index is -0.339. The van der Waals surface area contributed by atoms with Crippen LogP contribution in [0.1, 0.15) is 44.1 Å². The van der Waals surface area contributed by atoms with Crippen molar-refractivity contribution in [3.05, 3.63) is 35.6 Å². The fraction of sp³-hybridized carbons (Fsp3) is 0.647. The number of hydrogen-bond acceptors (Lipinski definition) is 2. The van der Waals surface area contributed by atoms with Crippen LogP contribution < -0.4 is 0 Å². The Kier molecular flexibility index (Phi) is 4.08. The van der Waals surface area contributed by atoms with Crippen molar-refractivity contribution in [2.45, 2.75) is 56.6 Å². The predicted molar refractivity (Wildman–Crippen MR) is 78.1 cm³/mol. The summed E-state index contributed by atoms with van der Waals surface area (Å²) >= 11 is 0. The minimum Gasteiger partial charge on any atom is -0.391 e. The number of aliphatic hydroxyl groups excluding tert-OH is 1. The summed E-state index contributed by atoms with van der Waals surface area (Å²) in [7, 11) is 0. The van der Waals surface area contributed by atoms with Crippen LogP contribution in [-0.2, 0) is 6.42 Å². The van der Waals surface area contributed by atoms with Crippen LogP contribution >= 0.6 is 0 Å². The van der Waals surface area contributed by atoms with Crippen molar-refractivity contribution in [1.29, 1.82) is 0 Å². The first-order valence-corrected chi connectivity index (χ1v) is 7.88. The molecule has 1 heterocycles. The van der Waals surface area contributed by atoms with E-state index in [1.165, 1.54) is 37.8 Å². The Morgan fingerprint density at radius 2 is 1.65 bits per heavy atom. The predicted octanol–water partition coefficient (Wildman–Crippen LogP) is 3.14. The summed E-state index contributed by atoms with van der Waals surface area (Å²) in [5.74, 6) is -0.210. The lowest BCUT2D eigenvalue weighted by Gasteiger charge is -2.42. The van der Waals surface area contributed by atoms with E-state index in [2.05, 4.69) is 4.90 Å². The van der Waals surface area contributed by atoms with Gasteiger partial charge in [-0.3, -0.25) is 4.90 Å². The summed E-state index contributed by atoms with van der Waals surface area (Å²) in [5, 5.41) is 10.8. The van der Waals surface area contributed by atoms with Crippen LogP contribution in [-0.4, -0.2) is 34.7 Å². The summed E-state index contributed by atoms with van der Waals surface area (Å²) in [4.78, 5) is 2.52. The molecule has 1 N–H and O–H groups in total. The number of aliphatic hydroxyl groups is 1. The third kappa shape index (κ3) is 2.61. The van der Waals surface area contributed by atoms with Crippen LogP contribution in [0.3, 0.4) is 0 Å². The minimum absolute atomic E-state index is 0.0229. The molecule has 1 aromatic rings. The summed E-state index contributed by atoms with van der Waals surface area (Å²) in [6.45, 7) is 2.25. The van der Waals surface area contributed by atoms with E-state index in [0.717, 1.165) is 31.5 Å². The van der Waals surface area contributed by atoms with Gasteiger partial charge in [0.1, 0.15) is 5.82 Å². The second-order valence-electron chi connectivity index (χ2n) is 6.35. The van der Waals surface area contributed by atoms with E-state index in [1.807, 2.05) is 0 Å². The normalized spacial score (nSPS) is 24.1. The highest BCUT2D eigenvalue weighted by molar-refractivity contribution is 5.18. The first-order valence-electron chi connectivity index (χ1n) is 7.88. The molecule has 0 radical (unpaired) electrons. The Morgan fingerprint density at radius 1 is 1.05 bits per heavy atom. The molecule has 3 heteroatoms. The summed E-state index contributed by atoms with van der Waals surface area (Å²) in [5.41, 5.74) is 1.01. The van der Waals surface area contributed by atoms with Gasteiger partial charge in [-0.2, -0.15) is 0 Å². The molecule has 1 saturated carbocycles. The Bertz CT molecular complexity index is 433. The monoisotopic (exact) mass is 277 g/mol. The van der Waals surface area contributed by atoms with Crippen LogP contribution in [0, 0.1) is 5.82 Å². The Labute approximate surface area is 120 Å². The lowest BCUT2D eigenvalue weighted by Crippen LogP contribution is -2.54. The van der Waals surface area contributed by atoms with Crippen LogP contribution in [0.15, 0.2) is 24.3 Å². The first kappa shape index (κ1) is 14.0. The van der Waals surface area contributed by atoms with Crippen LogP contribution in [0.4, 0.5) is 4.39 Å². The molecule has 1 aliphatic carbocycles. The van der Waals surface area contributed by atoms with Gasteiger partial charge in [-0.15, -0.1) is 0 Å². The SMILES string of the molecule is OC(Cc1ccc(F)cc1)C1(N2CCCC2)CCCC1. The first-order chi connectivity index (χ1) is 9.71. The molecule has 1 unspecified atom stereocenters. The van der Waals surface area contributed by atoms with Gasteiger partial charge in [-0.25, -0.2) is 4.39 Å². The summed E-state index contributed by atoms with van der Waals surface area (Å²) < 4.78 is 13.0. The van der Waals surface area contributed by atoms with Gasteiger partial charge in [0, 0.05) is 12.0 Å². The number of likely N-dealkylation sites (tertiary alicyclic amines) is 1. The van der Waals surface area contributed by atoms with Crippen LogP contribution in [0.5, 0.6) is 0 Å². The largest absolute Gasteiger partial charge is 0.391 e. The van der Waals surface area contributed by atoms with E-state index >= 15 is 0 Å². The van der Waals surface area contributed by atoms with Crippen LogP contribution in [0.25, 0.3) is 0 Å². The maximum atomic E-state index is 13.0. The van der Waals surface area contributed by atoms with Crippen molar-refractivity contribution in [2.24, 2.45) is 0 Å². The smallest absolute Gasteiger partial charge is 0.123 e. The number of halogens is 1. The Morgan fingerprint density at radius 3 is 2.25 bits per heavy atom. The zero-order chi connectivity index (χ0) is 14.0. The maximum Gasteiger partial charge on any atom is 0.123 e. The summed E-state index contributed by atoms with van der Waals surface area (Å²) in [6, 6.07) is 6.56. The highest BCUT2D eigenvalue weighted by Crippen LogP contribution is 2.40. The molecule has 20 heavy (non-hydrogen) atoms. The van der Waals surface area contributed by atoms with Gasteiger partial charge >= 0.3 is 0 Å².